The van der Waals surface area contributed by atoms with Gasteiger partial charge in [0.2, 0.25) is 10.0 Å². The van der Waals surface area contributed by atoms with E-state index in [-0.39, 0.29) is 0 Å². The monoisotopic (exact) mass is 294 g/mol. The van der Waals surface area contributed by atoms with E-state index < -0.39 is 10.0 Å². The third-order valence-corrected chi connectivity index (χ3v) is 3.38. The van der Waals surface area contributed by atoms with E-state index >= 15 is 0 Å². The zero-order valence-corrected chi connectivity index (χ0v) is 12.1. The predicted molar refractivity (Wildman–Crippen MR) is 78.1 cm³/mol. The van der Waals surface area contributed by atoms with Crippen molar-refractivity contribution in [2.75, 3.05) is 19.3 Å². The first-order valence-corrected chi connectivity index (χ1v) is 8.18. The molecule has 7 heteroatoms. The van der Waals surface area contributed by atoms with Gasteiger partial charge < -0.3 is 5.32 Å². The van der Waals surface area contributed by atoms with Crippen LogP contribution in [0.5, 0.6) is 0 Å². The molecule has 0 amide bonds. The van der Waals surface area contributed by atoms with Gasteiger partial charge in [0.25, 0.3) is 0 Å². The Bertz CT molecular complexity index is 637. The standard InChI is InChI=1S/C13H18N4O2S/c1-20(18,19)16-8-7-14-9-12-10-15-17(11-12)13-5-3-2-4-6-13/h2-6,10-11,14,16H,7-9H2,1H3. The van der Waals surface area contributed by atoms with Gasteiger partial charge in [0, 0.05) is 31.4 Å². The van der Waals surface area contributed by atoms with E-state index in [0.29, 0.717) is 19.6 Å². The molecule has 0 aliphatic rings. The summed E-state index contributed by atoms with van der Waals surface area (Å²) < 4.78 is 26.0. The molecule has 0 spiro atoms. The number of hydrogen-bond donors (Lipinski definition) is 2. The SMILES string of the molecule is CS(=O)(=O)NCCNCc1cnn(-c2ccccc2)c1. The molecule has 0 fully saturated rings. The number of rotatable bonds is 7. The van der Waals surface area contributed by atoms with Gasteiger partial charge in [-0.1, -0.05) is 18.2 Å². The van der Waals surface area contributed by atoms with Crippen molar-refractivity contribution in [3.8, 4) is 5.69 Å². The Balaban J connectivity index is 1.79. The molecule has 6 nitrogen and oxygen atoms in total. The summed E-state index contributed by atoms with van der Waals surface area (Å²) in [6, 6.07) is 9.86. The number of aromatic nitrogens is 2. The van der Waals surface area contributed by atoms with Crippen molar-refractivity contribution in [2.45, 2.75) is 6.54 Å². The fourth-order valence-corrected chi connectivity index (χ4v) is 2.20. The molecule has 2 aromatic rings. The van der Waals surface area contributed by atoms with Crippen LogP contribution in [0.2, 0.25) is 0 Å². The van der Waals surface area contributed by atoms with Crippen molar-refractivity contribution in [3.05, 3.63) is 48.3 Å². The molecule has 0 atom stereocenters. The van der Waals surface area contributed by atoms with Crippen LogP contribution in [0.1, 0.15) is 5.56 Å². The molecule has 1 aromatic carbocycles. The molecule has 108 valence electrons. The van der Waals surface area contributed by atoms with Gasteiger partial charge >= 0.3 is 0 Å². The molecule has 1 aromatic heterocycles. The van der Waals surface area contributed by atoms with Crippen LogP contribution in [0.3, 0.4) is 0 Å². The molecule has 2 N–H and O–H groups in total. The summed E-state index contributed by atoms with van der Waals surface area (Å²) in [5.74, 6) is 0. The summed E-state index contributed by atoms with van der Waals surface area (Å²) in [6.45, 7) is 1.60. The second-order valence-electron chi connectivity index (χ2n) is 4.47. The quantitative estimate of drug-likeness (QED) is 0.730. The minimum absolute atomic E-state index is 0.381. The van der Waals surface area contributed by atoms with E-state index in [4.69, 9.17) is 0 Å². The lowest BCUT2D eigenvalue weighted by Gasteiger charge is -2.03. The van der Waals surface area contributed by atoms with Gasteiger partial charge in [0.05, 0.1) is 18.1 Å². The number of nitrogens with one attached hydrogen (secondary N) is 2. The van der Waals surface area contributed by atoms with Crippen LogP contribution in [-0.4, -0.2) is 37.5 Å². The fourth-order valence-electron chi connectivity index (χ4n) is 1.73. The molecule has 0 saturated heterocycles. The van der Waals surface area contributed by atoms with Crippen LogP contribution >= 0.6 is 0 Å². The van der Waals surface area contributed by atoms with Gasteiger partial charge in [-0.05, 0) is 12.1 Å². The first-order chi connectivity index (χ1) is 9.54. The largest absolute Gasteiger partial charge is 0.311 e. The Morgan fingerprint density at radius 2 is 1.95 bits per heavy atom. The predicted octanol–water partition coefficient (Wildman–Crippen LogP) is 0.511. The smallest absolute Gasteiger partial charge is 0.208 e. The van der Waals surface area contributed by atoms with Crippen LogP contribution in [0.4, 0.5) is 0 Å². The van der Waals surface area contributed by atoms with E-state index in [1.807, 2.05) is 41.2 Å². The van der Waals surface area contributed by atoms with Gasteiger partial charge in [0.1, 0.15) is 0 Å². The number of sulfonamides is 1. The number of para-hydroxylation sites is 1. The fraction of sp³-hybridized carbons (Fsp3) is 0.308. The van der Waals surface area contributed by atoms with E-state index in [9.17, 15) is 8.42 Å². The lowest BCUT2D eigenvalue weighted by atomic mass is 10.3. The summed E-state index contributed by atoms with van der Waals surface area (Å²) in [4.78, 5) is 0. The third-order valence-electron chi connectivity index (χ3n) is 2.65. The second kappa shape index (κ2) is 6.65. The molecular formula is C13H18N4O2S. The highest BCUT2D eigenvalue weighted by atomic mass is 32.2. The number of nitrogens with zero attached hydrogens (tertiary/aromatic N) is 2. The van der Waals surface area contributed by atoms with Crippen LogP contribution in [0.15, 0.2) is 42.7 Å². The molecule has 0 unspecified atom stereocenters. The summed E-state index contributed by atoms with van der Waals surface area (Å²) in [5.41, 5.74) is 2.06. The van der Waals surface area contributed by atoms with Gasteiger partial charge in [-0.2, -0.15) is 5.10 Å². The summed E-state index contributed by atoms with van der Waals surface area (Å²) in [6.07, 6.45) is 4.90. The van der Waals surface area contributed by atoms with Crippen LogP contribution in [-0.2, 0) is 16.6 Å². The molecule has 0 aliphatic heterocycles. The van der Waals surface area contributed by atoms with Gasteiger partial charge in [-0.15, -0.1) is 0 Å². The highest BCUT2D eigenvalue weighted by Gasteiger charge is 2.01. The van der Waals surface area contributed by atoms with Crippen molar-refractivity contribution in [3.63, 3.8) is 0 Å². The van der Waals surface area contributed by atoms with E-state index in [1.165, 1.54) is 0 Å². The molecule has 0 bridgehead atoms. The Kier molecular flexibility index (Phi) is 4.89. The Morgan fingerprint density at radius 3 is 2.65 bits per heavy atom. The maximum atomic E-state index is 10.9. The zero-order chi connectivity index (χ0) is 14.4. The van der Waals surface area contributed by atoms with Crippen molar-refractivity contribution in [2.24, 2.45) is 0 Å². The lowest BCUT2D eigenvalue weighted by Crippen LogP contribution is -2.30. The molecule has 0 aliphatic carbocycles. The highest BCUT2D eigenvalue weighted by Crippen LogP contribution is 2.07. The normalized spacial score (nSPS) is 11.7. The van der Waals surface area contributed by atoms with Gasteiger partial charge in [-0.25, -0.2) is 17.8 Å². The van der Waals surface area contributed by atoms with Crippen molar-refractivity contribution in [1.29, 1.82) is 0 Å². The number of hydrogen-bond acceptors (Lipinski definition) is 4. The molecular weight excluding hydrogens is 276 g/mol. The van der Waals surface area contributed by atoms with E-state index in [1.54, 1.807) is 6.20 Å². The summed E-state index contributed by atoms with van der Waals surface area (Å²) in [5, 5.41) is 7.45. The molecule has 2 rings (SSSR count). The molecule has 0 saturated carbocycles. The molecule has 0 radical (unpaired) electrons. The van der Waals surface area contributed by atoms with Crippen LogP contribution < -0.4 is 10.0 Å². The van der Waals surface area contributed by atoms with Crippen molar-refractivity contribution >= 4 is 10.0 Å². The van der Waals surface area contributed by atoms with E-state index in [0.717, 1.165) is 17.5 Å². The van der Waals surface area contributed by atoms with Crippen molar-refractivity contribution in [1.82, 2.24) is 19.8 Å². The average molecular weight is 294 g/mol. The highest BCUT2D eigenvalue weighted by molar-refractivity contribution is 7.88. The second-order valence-corrected chi connectivity index (χ2v) is 6.30. The van der Waals surface area contributed by atoms with Crippen molar-refractivity contribution < 1.29 is 8.42 Å². The summed E-state index contributed by atoms with van der Waals surface area (Å²) >= 11 is 0. The first-order valence-electron chi connectivity index (χ1n) is 6.29. The third kappa shape index (κ3) is 4.76. The minimum Gasteiger partial charge on any atom is -0.311 e. The number of benzene rings is 1. The Labute approximate surface area is 118 Å². The average Bonchev–Trinajstić information content (AvgIpc) is 2.87. The zero-order valence-electron chi connectivity index (χ0n) is 11.3. The van der Waals surface area contributed by atoms with Crippen LogP contribution in [0.25, 0.3) is 5.69 Å². The van der Waals surface area contributed by atoms with Gasteiger partial charge in [-0.3, -0.25) is 0 Å². The first kappa shape index (κ1) is 14.7. The maximum absolute atomic E-state index is 10.9. The van der Waals surface area contributed by atoms with E-state index in [2.05, 4.69) is 15.1 Å². The minimum atomic E-state index is -3.11. The molecule has 1 heterocycles. The topological polar surface area (TPSA) is 76.0 Å². The lowest BCUT2D eigenvalue weighted by molar-refractivity contribution is 0.582. The van der Waals surface area contributed by atoms with Crippen LogP contribution in [0, 0.1) is 0 Å². The Hall–Kier alpha value is -1.70. The molecule has 20 heavy (non-hydrogen) atoms. The Morgan fingerprint density at radius 1 is 1.20 bits per heavy atom. The van der Waals surface area contributed by atoms with Gasteiger partial charge in [0.15, 0.2) is 0 Å². The maximum Gasteiger partial charge on any atom is 0.208 e. The summed E-state index contributed by atoms with van der Waals surface area (Å²) in [7, 11) is -3.11.